The van der Waals surface area contributed by atoms with Crippen molar-refractivity contribution in [2.24, 2.45) is 17.5 Å². The van der Waals surface area contributed by atoms with Gasteiger partial charge in [-0.1, -0.05) is 38.1 Å². The van der Waals surface area contributed by atoms with Crippen molar-refractivity contribution in [3.8, 4) is 10.4 Å². The van der Waals surface area contributed by atoms with Gasteiger partial charge in [0.05, 0.1) is 22.1 Å². The molecular weight excluding hydrogens is 460 g/mol. The Hall–Kier alpha value is -2.75. The quantitative estimate of drug-likeness (QED) is 0.285. The summed E-state index contributed by atoms with van der Waals surface area (Å²) in [6, 6.07) is 8.81. The van der Waals surface area contributed by atoms with E-state index >= 15 is 0 Å². The van der Waals surface area contributed by atoms with Crippen LogP contribution in [0.25, 0.3) is 10.4 Å². The summed E-state index contributed by atoms with van der Waals surface area (Å²) in [5.74, 6) is 5.66. The van der Waals surface area contributed by atoms with Gasteiger partial charge < -0.3 is 25.8 Å². The molecule has 3 atom stereocenters. The van der Waals surface area contributed by atoms with Gasteiger partial charge in [0.1, 0.15) is 12.3 Å². The molecule has 8 nitrogen and oxygen atoms in total. The van der Waals surface area contributed by atoms with Gasteiger partial charge >= 0.3 is 0 Å². The van der Waals surface area contributed by atoms with E-state index in [2.05, 4.69) is 41.3 Å². The Kier molecular flexibility index (Phi) is 13.9. The van der Waals surface area contributed by atoms with E-state index < -0.39 is 0 Å². The molecule has 1 aliphatic heterocycles. The molecule has 1 saturated heterocycles. The molecule has 0 aliphatic carbocycles. The molecule has 2 aromatic rings. The van der Waals surface area contributed by atoms with E-state index in [1.165, 1.54) is 47.2 Å². The summed E-state index contributed by atoms with van der Waals surface area (Å²) in [4.78, 5) is 28.7. The molecule has 1 aliphatic rings. The molecule has 9 heteroatoms. The van der Waals surface area contributed by atoms with Crippen LogP contribution in [0.1, 0.15) is 57.8 Å². The number of hydrogen-bond acceptors (Lipinski definition) is 8. The van der Waals surface area contributed by atoms with E-state index in [-0.39, 0.29) is 18.0 Å². The molecule has 1 aromatic heterocycles. The molecule has 3 unspecified atom stereocenters. The summed E-state index contributed by atoms with van der Waals surface area (Å²) in [7, 11) is 2.19. The molecule has 35 heavy (non-hydrogen) atoms. The third-order valence-electron chi connectivity index (χ3n) is 6.05. The van der Waals surface area contributed by atoms with Crippen LogP contribution in [0.2, 0.25) is 0 Å². The fourth-order valence-corrected chi connectivity index (χ4v) is 4.36. The van der Waals surface area contributed by atoms with Gasteiger partial charge in [-0.25, -0.2) is 10.8 Å². The van der Waals surface area contributed by atoms with Gasteiger partial charge in [0.15, 0.2) is 0 Å². The molecule has 5 N–H and O–H groups in total. The molecule has 1 aromatic carbocycles. The lowest BCUT2D eigenvalue weighted by atomic mass is 10.1. The Morgan fingerprint density at radius 1 is 1.23 bits per heavy atom. The smallest absolute Gasteiger partial charge is 0.207 e. The Balaban J connectivity index is 0.000000292. The summed E-state index contributed by atoms with van der Waals surface area (Å²) in [6.07, 6.45) is 7.11. The summed E-state index contributed by atoms with van der Waals surface area (Å²) in [5.41, 5.74) is 10.3. The zero-order valence-electron chi connectivity index (χ0n) is 21.8. The molecule has 0 saturated carbocycles. The third kappa shape index (κ3) is 10.2. The molecule has 0 spiro atoms. The maximum absolute atomic E-state index is 10.5. The van der Waals surface area contributed by atoms with Crippen molar-refractivity contribution in [3.63, 3.8) is 0 Å². The monoisotopic (exact) mass is 502 g/mol. The maximum Gasteiger partial charge on any atom is 0.207 e. The highest BCUT2D eigenvalue weighted by Gasteiger charge is 2.15. The minimum Gasteiger partial charge on any atom is -0.403 e. The number of nitrogens with two attached hydrogens (primary N) is 2. The summed E-state index contributed by atoms with van der Waals surface area (Å²) in [5, 5.41) is 4.04. The van der Waals surface area contributed by atoms with Crippen LogP contribution in [0.5, 0.6) is 0 Å². The number of nitrogens with one attached hydrogen (secondary N) is 1. The highest BCUT2D eigenvalue weighted by Crippen LogP contribution is 2.28. The van der Waals surface area contributed by atoms with Crippen molar-refractivity contribution < 1.29 is 9.59 Å². The van der Waals surface area contributed by atoms with Crippen molar-refractivity contribution >= 4 is 24.0 Å². The van der Waals surface area contributed by atoms with Gasteiger partial charge in [0.25, 0.3) is 0 Å². The Bertz CT molecular complexity index is 892. The van der Waals surface area contributed by atoms with Crippen molar-refractivity contribution in [1.29, 1.82) is 0 Å². The molecule has 1 fully saturated rings. The van der Waals surface area contributed by atoms with Gasteiger partial charge in [-0.3, -0.25) is 4.79 Å². The number of aromatic nitrogens is 1. The maximum atomic E-state index is 10.5. The highest BCUT2D eigenvalue weighted by atomic mass is 32.1. The summed E-state index contributed by atoms with van der Waals surface area (Å²) >= 11 is 1.64. The van der Waals surface area contributed by atoms with Gasteiger partial charge in [-0.05, 0) is 64.3 Å². The molecule has 0 radical (unpaired) electrons. The number of carbonyl (C=O) groups is 2. The fourth-order valence-electron chi connectivity index (χ4n) is 3.55. The topological polar surface area (TPSA) is 118 Å². The summed E-state index contributed by atoms with van der Waals surface area (Å²) < 4.78 is 0. The van der Waals surface area contributed by atoms with Crippen LogP contribution in [-0.2, 0) is 9.59 Å². The van der Waals surface area contributed by atoms with Gasteiger partial charge in [0.2, 0.25) is 6.41 Å². The first kappa shape index (κ1) is 30.3. The van der Waals surface area contributed by atoms with E-state index in [0.717, 1.165) is 30.0 Å². The van der Waals surface area contributed by atoms with Crippen molar-refractivity contribution in [2.45, 2.75) is 65.6 Å². The van der Waals surface area contributed by atoms with E-state index in [1.807, 2.05) is 45.3 Å². The fraction of sp³-hybridized carbons (Fsp3) is 0.500. The van der Waals surface area contributed by atoms with Gasteiger partial charge in [-0.15, -0.1) is 11.3 Å². The first-order chi connectivity index (χ1) is 16.7. The number of nitrogens with zero attached hydrogens (tertiary/aromatic N) is 3. The normalized spacial score (nSPS) is 17.1. The second-order valence-corrected chi connectivity index (χ2v) is 9.88. The highest BCUT2D eigenvalue weighted by molar-refractivity contribution is 7.13. The predicted molar refractivity (Wildman–Crippen MR) is 145 cm³/mol. The SMILES string of the molecule is CC(C)C(C=O)N(N)/C=C\N.CC1CCCN1C.Cc1ncsc1-c1ccc(C(C)NC=O)cc1. The average Bonchev–Trinajstić information content (AvgIpc) is 3.42. The van der Waals surface area contributed by atoms with Crippen LogP contribution in [0.4, 0.5) is 0 Å². The number of likely N-dealkylation sites (tertiary alicyclic amines) is 1. The predicted octanol–water partition coefficient (Wildman–Crippen LogP) is 3.84. The number of hydrazine groups is 1. The molecule has 194 valence electrons. The van der Waals surface area contributed by atoms with Crippen LogP contribution in [0.3, 0.4) is 0 Å². The number of aryl methyl sites for hydroxylation is 1. The Morgan fingerprint density at radius 3 is 2.26 bits per heavy atom. The summed E-state index contributed by atoms with van der Waals surface area (Å²) in [6.45, 7) is 11.4. The van der Waals surface area contributed by atoms with Crippen LogP contribution >= 0.6 is 11.3 Å². The number of thiazole rings is 1. The van der Waals surface area contributed by atoms with Gasteiger partial charge in [-0.2, -0.15) is 0 Å². The number of benzene rings is 1. The molecule has 2 heterocycles. The first-order valence-electron chi connectivity index (χ1n) is 11.9. The lowest BCUT2D eigenvalue weighted by Crippen LogP contribution is -2.41. The second-order valence-electron chi connectivity index (χ2n) is 9.03. The van der Waals surface area contributed by atoms with Crippen LogP contribution in [0.15, 0.2) is 42.2 Å². The zero-order chi connectivity index (χ0) is 26.4. The largest absolute Gasteiger partial charge is 0.403 e. The number of aldehydes is 1. The second kappa shape index (κ2) is 16.0. The number of hydrogen-bond donors (Lipinski definition) is 3. The van der Waals surface area contributed by atoms with Crippen LogP contribution in [-0.4, -0.2) is 53.3 Å². The zero-order valence-corrected chi connectivity index (χ0v) is 22.7. The molecular formula is C26H42N6O2S. The molecule has 1 amide bonds. The van der Waals surface area contributed by atoms with E-state index in [4.69, 9.17) is 11.6 Å². The van der Waals surface area contributed by atoms with Crippen molar-refractivity contribution in [1.82, 2.24) is 20.2 Å². The Morgan fingerprint density at radius 2 is 1.89 bits per heavy atom. The standard InChI is InChI=1S/C13H14N2OS.C7H15N3O.C6H13N/c1-9(14-7-16)11-3-5-12(6-4-11)13-10(2)15-8-17-13;1-6(2)7(5-11)10(9)4-3-8;1-6-4-3-5-7(6)2/h3-9H,1-2H3,(H,14,16);3-7H,8-9H2,1-2H3;6H,3-5H2,1-2H3/b;4-3-;. The number of rotatable bonds is 8. The van der Waals surface area contributed by atoms with E-state index in [1.54, 1.807) is 11.3 Å². The molecule has 0 bridgehead atoms. The lowest BCUT2D eigenvalue weighted by molar-refractivity contribution is -0.113. The molecule has 3 rings (SSSR count). The number of carbonyl (C=O) groups excluding carboxylic acids is 2. The van der Waals surface area contributed by atoms with Crippen molar-refractivity contribution in [2.75, 3.05) is 13.6 Å². The van der Waals surface area contributed by atoms with Crippen LogP contribution < -0.4 is 16.9 Å². The minimum absolute atomic E-state index is 0.0455. The average molecular weight is 503 g/mol. The van der Waals surface area contributed by atoms with E-state index in [9.17, 15) is 9.59 Å². The van der Waals surface area contributed by atoms with Crippen LogP contribution in [0, 0.1) is 12.8 Å². The van der Waals surface area contributed by atoms with E-state index in [0.29, 0.717) is 0 Å². The minimum atomic E-state index is -0.296. The van der Waals surface area contributed by atoms with Crippen molar-refractivity contribution in [3.05, 3.63) is 53.4 Å². The lowest BCUT2D eigenvalue weighted by Gasteiger charge is -2.23. The first-order valence-corrected chi connectivity index (χ1v) is 12.8. The third-order valence-corrected chi connectivity index (χ3v) is 7.02. The Labute approximate surface area is 214 Å². The number of amides is 1. The van der Waals surface area contributed by atoms with Gasteiger partial charge in [0, 0.05) is 18.4 Å².